The van der Waals surface area contributed by atoms with Crippen LogP contribution in [0.1, 0.15) is 29.5 Å². The summed E-state index contributed by atoms with van der Waals surface area (Å²) in [5, 5.41) is 2.36. The fraction of sp³-hybridized carbons (Fsp3) is 0.333. The number of nitrogens with two attached hydrogens (primary N) is 1. The Bertz CT molecular complexity index is 999. The molecule has 31 heavy (non-hydrogen) atoms. The minimum atomic E-state index is -4.76. The quantitative estimate of drug-likeness (QED) is 0.685. The Balaban J connectivity index is 1.86. The van der Waals surface area contributed by atoms with Crippen LogP contribution in [0.4, 0.5) is 27.8 Å². The molecule has 2 atom stereocenters. The van der Waals surface area contributed by atoms with Crippen LogP contribution in [0.5, 0.6) is 5.75 Å². The first-order valence-electron chi connectivity index (χ1n) is 8.74. The zero-order chi connectivity index (χ0) is 22.8. The maximum Gasteiger partial charge on any atom is 0.425 e. The van der Waals surface area contributed by atoms with Gasteiger partial charge in [0.1, 0.15) is 34.3 Å². The molecule has 0 unspecified atom stereocenters. The van der Waals surface area contributed by atoms with Crippen molar-refractivity contribution in [3.8, 4) is 5.75 Å². The van der Waals surface area contributed by atoms with E-state index >= 15 is 0 Å². The number of amides is 1. The van der Waals surface area contributed by atoms with Crippen molar-refractivity contribution in [3.63, 3.8) is 0 Å². The molecule has 0 fully saturated rings. The van der Waals surface area contributed by atoms with E-state index in [9.17, 15) is 26.7 Å². The Morgan fingerprint density at radius 1 is 1.35 bits per heavy atom. The van der Waals surface area contributed by atoms with Crippen LogP contribution in [0.25, 0.3) is 0 Å². The average Bonchev–Trinajstić information content (AvgIpc) is 2.69. The van der Waals surface area contributed by atoms with Crippen LogP contribution in [0.3, 0.4) is 0 Å². The van der Waals surface area contributed by atoms with Crippen molar-refractivity contribution in [1.29, 1.82) is 0 Å². The Hall–Kier alpha value is -3.51. The summed E-state index contributed by atoms with van der Waals surface area (Å²) in [5.41, 5.74) is 3.04. The van der Waals surface area contributed by atoms with E-state index in [1.165, 1.54) is 19.1 Å². The van der Waals surface area contributed by atoms with Crippen LogP contribution < -0.4 is 15.8 Å². The van der Waals surface area contributed by atoms with Gasteiger partial charge < -0.3 is 20.5 Å². The first kappa shape index (κ1) is 22.2. The van der Waals surface area contributed by atoms with Gasteiger partial charge in [0.05, 0.1) is 6.20 Å². The lowest BCUT2D eigenvalue weighted by molar-refractivity contribution is -0.208. The molecule has 1 amide bonds. The molecule has 0 saturated heterocycles. The zero-order valence-electron chi connectivity index (χ0n) is 15.9. The molecule has 0 aromatic carbocycles. The molecule has 0 bridgehead atoms. The number of anilines is 1. The van der Waals surface area contributed by atoms with Crippen molar-refractivity contribution >= 4 is 17.7 Å². The highest BCUT2D eigenvalue weighted by Crippen LogP contribution is 2.40. The number of nitrogens with one attached hydrogen (secondary N) is 1. The molecule has 2 aromatic heterocycles. The van der Waals surface area contributed by atoms with Crippen molar-refractivity contribution in [2.75, 3.05) is 12.2 Å². The predicted molar refractivity (Wildman–Crippen MR) is 97.5 cm³/mol. The molecule has 3 N–H and O–H groups in total. The Morgan fingerprint density at radius 2 is 2.10 bits per heavy atom. The highest BCUT2D eigenvalue weighted by Gasteiger charge is 2.50. The highest BCUT2D eigenvalue weighted by atomic mass is 19.4. The minimum Gasteiger partial charge on any atom is -0.461 e. The van der Waals surface area contributed by atoms with Crippen molar-refractivity contribution in [2.45, 2.75) is 31.2 Å². The molecular weight excluding hydrogens is 429 g/mol. The summed E-state index contributed by atoms with van der Waals surface area (Å²) in [7, 11) is 0. The van der Waals surface area contributed by atoms with E-state index in [0.717, 1.165) is 18.3 Å². The largest absolute Gasteiger partial charge is 0.461 e. The topological polar surface area (TPSA) is 112 Å². The number of alkyl halides is 4. The summed E-state index contributed by atoms with van der Waals surface area (Å²) >= 11 is 0. The molecule has 0 spiro atoms. The second-order valence-corrected chi connectivity index (χ2v) is 6.69. The second kappa shape index (κ2) is 8.32. The summed E-state index contributed by atoms with van der Waals surface area (Å²) in [5.74, 6) is -1.74. The van der Waals surface area contributed by atoms with E-state index in [1.54, 1.807) is 0 Å². The van der Waals surface area contributed by atoms with Crippen LogP contribution >= 0.6 is 0 Å². The van der Waals surface area contributed by atoms with Gasteiger partial charge >= 0.3 is 6.18 Å². The summed E-state index contributed by atoms with van der Waals surface area (Å²) in [6.07, 6.45) is -6.71. The van der Waals surface area contributed by atoms with Crippen molar-refractivity contribution < 1.29 is 36.2 Å². The van der Waals surface area contributed by atoms with Gasteiger partial charge in [-0.15, -0.1) is 0 Å². The van der Waals surface area contributed by atoms with E-state index in [-0.39, 0.29) is 17.3 Å². The third-order valence-corrected chi connectivity index (χ3v) is 4.36. The molecule has 3 heterocycles. The van der Waals surface area contributed by atoms with Crippen LogP contribution in [0, 0.1) is 5.82 Å². The lowest BCUT2D eigenvalue weighted by atomic mass is 9.89. The second-order valence-electron chi connectivity index (χ2n) is 6.69. The summed E-state index contributed by atoms with van der Waals surface area (Å²) in [4.78, 5) is 23.9. The third-order valence-electron chi connectivity index (χ3n) is 4.36. The fourth-order valence-electron chi connectivity index (χ4n) is 2.93. The van der Waals surface area contributed by atoms with Gasteiger partial charge in [-0.3, -0.25) is 4.79 Å². The number of ether oxygens (including phenoxy) is 2. The first-order chi connectivity index (χ1) is 14.5. The molecule has 1 aliphatic rings. The number of rotatable bonds is 5. The average molecular weight is 445 g/mol. The number of pyridine rings is 2. The number of amidine groups is 1. The zero-order valence-corrected chi connectivity index (χ0v) is 15.9. The Morgan fingerprint density at radius 3 is 2.71 bits per heavy atom. The minimum absolute atomic E-state index is 0.0874. The fourth-order valence-corrected chi connectivity index (χ4v) is 2.93. The van der Waals surface area contributed by atoms with Crippen LogP contribution in [-0.2, 0) is 10.3 Å². The van der Waals surface area contributed by atoms with E-state index in [4.69, 9.17) is 5.73 Å². The van der Waals surface area contributed by atoms with Crippen molar-refractivity contribution in [2.24, 2.45) is 10.7 Å². The van der Waals surface area contributed by atoms with Crippen LogP contribution in [0.15, 0.2) is 35.5 Å². The van der Waals surface area contributed by atoms with E-state index in [0.29, 0.717) is 0 Å². The van der Waals surface area contributed by atoms with E-state index in [2.05, 4.69) is 29.8 Å². The number of aliphatic imine (C=N–C) groups is 1. The molecular formula is C18H16F5N5O3. The molecule has 13 heteroatoms. The number of hydrogen-bond acceptors (Lipinski definition) is 7. The third kappa shape index (κ3) is 4.98. The smallest absolute Gasteiger partial charge is 0.425 e. The first-order valence-corrected chi connectivity index (χ1v) is 8.74. The summed E-state index contributed by atoms with van der Waals surface area (Å²) in [6.45, 7) is 0.158. The van der Waals surface area contributed by atoms with Crippen LogP contribution in [-0.4, -0.2) is 41.0 Å². The molecule has 0 saturated carbocycles. The molecule has 3 rings (SSSR count). The Kier molecular flexibility index (Phi) is 5.95. The number of nitrogens with zero attached hydrogens (tertiary/aromatic N) is 3. The summed E-state index contributed by atoms with van der Waals surface area (Å²) in [6, 6.07) is 3.85. The molecule has 8 nitrogen and oxygen atoms in total. The number of aromatic nitrogens is 2. The van der Waals surface area contributed by atoms with Crippen molar-refractivity contribution in [1.82, 2.24) is 9.97 Å². The molecule has 2 aromatic rings. The lowest BCUT2D eigenvalue weighted by Crippen LogP contribution is -2.46. The van der Waals surface area contributed by atoms with Gasteiger partial charge in [0, 0.05) is 6.42 Å². The number of halogens is 5. The maximum absolute atomic E-state index is 14.5. The van der Waals surface area contributed by atoms with E-state index in [1.807, 2.05) is 0 Å². The van der Waals surface area contributed by atoms with E-state index < -0.39 is 54.5 Å². The number of carbonyl (C=O) groups excluding carboxylic acids is 1. The lowest BCUT2D eigenvalue weighted by Gasteiger charge is -2.35. The van der Waals surface area contributed by atoms with Gasteiger partial charge in [-0.2, -0.15) is 13.2 Å². The molecule has 0 aliphatic carbocycles. The van der Waals surface area contributed by atoms with Crippen molar-refractivity contribution in [3.05, 3.63) is 47.7 Å². The predicted octanol–water partition coefficient (Wildman–Crippen LogP) is 3.05. The van der Waals surface area contributed by atoms with Gasteiger partial charge in [-0.1, -0.05) is 0 Å². The van der Waals surface area contributed by atoms with Gasteiger partial charge in [0.25, 0.3) is 11.9 Å². The van der Waals surface area contributed by atoms with Crippen LogP contribution in [0.2, 0.25) is 0 Å². The molecule has 1 aliphatic heterocycles. The standard InChI is InChI=1S/C18H16F5N5O3/c1-17(6-12(18(21,22)23)31-16(24)28-17)14-10(20)3-5-13(26-14)27-15(29)11-4-2-9(7-25-11)30-8-19/h2-5,7,12H,6,8H2,1H3,(H2,24,28)(H,26,27,29)/t12-,17-/m0/s1. The Labute approximate surface area is 172 Å². The number of hydrogen-bond donors (Lipinski definition) is 2. The highest BCUT2D eigenvalue weighted by molar-refractivity contribution is 6.02. The molecule has 0 radical (unpaired) electrons. The summed E-state index contributed by atoms with van der Waals surface area (Å²) < 4.78 is 75.1. The maximum atomic E-state index is 14.5. The normalized spacial score (nSPS) is 21.1. The van der Waals surface area contributed by atoms with Gasteiger partial charge in [0.2, 0.25) is 6.86 Å². The van der Waals surface area contributed by atoms with Gasteiger partial charge in [0.15, 0.2) is 6.10 Å². The van der Waals surface area contributed by atoms with Gasteiger partial charge in [-0.05, 0) is 31.2 Å². The van der Waals surface area contributed by atoms with Gasteiger partial charge in [-0.25, -0.2) is 23.7 Å². The molecule has 166 valence electrons. The SMILES string of the molecule is C[C@@]1(c2nc(NC(=O)c3ccc(OCF)cn3)ccc2F)C[C@@H](C(F)(F)F)OC(N)=N1. The monoisotopic (exact) mass is 445 g/mol. The number of carbonyl (C=O) groups is 1.